The van der Waals surface area contributed by atoms with Crippen LogP contribution in [0.4, 0.5) is 5.69 Å². The van der Waals surface area contributed by atoms with Crippen molar-refractivity contribution in [3.8, 4) is 0 Å². The van der Waals surface area contributed by atoms with Gasteiger partial charge in [0.2, 0.25) is 5.91 Å². The van der Waals surface area contributed by atoms with Gasteiger partial charge in [-0.1, -0.05) is 6.92 Å². The lowest BCUT2D eigenvalue weighted by molar-refractivity contribution is -0.384. The number of amides is 2. The van der Waals surface area contributed by atoms with Gasteiger partial charge in [0.25, 0.3) is 11.6 Å². The van der Waals surface area contributed by atoms with Crippen molar-refractivity contribution in [2.45, 2.75) is 13.3 Å². The van der Waals surface area contributed by atoms with Crippen molar-refractivity contribution < 1.29 is 14.5 Å². The van der Waals surface area contributed by atoms with E-state index in [1.807, 2.05) is 6.92 Å². The summed E-state index contributed by atoms with van der Waals surface area (Å²) in [6.07, 6.45) is 0.741. The molecular weight excluding hydrogens is 238 g/mol. The molecule has 1 aromatic rings. The van der Waals surface area contributed by atoms with E-state index in [4.69, 9.17) is 5.73 Å². The summed E-state index contributed by atoms with van der Waals surface area (Å²) in [7, 11) is 0. The standard InChI is InChI=1S/C11H13N3O4/c1-2-5-13-11(16)8-4-3-7(14(17)18)6-9(8)10(12)15/h3-4,6H,2,5H2,1H3,(H2,12,15)(H,13,16). The zero-order chi connectivity index (χ0) is 13.7. The van der Waals surface area contributed by atoms with Crippen LogP contribution in [0.2, 0.25) is 0 Å². The monoisotopic (exact) mass is 251 g/mol. The molecule has 0 saturated heterocycles. The lowest BCUT2D eigenvalue weighted by atomic mass is 10.1. The molecule has 1 rings (SSSR count). The fourth-order valence-corrected chi connectivity index (χ4v) is 1.38. The number of benzene rings is 1. The van der Waals surface area contributed by atoms with Gasteiger partial charge in [-0.3, -0.25) is 19.7 Å². The van der Waals surface area contributed by atoms with Crippen LogP contribution in [0.1, 0.15) is 34.1 Å². The number of hydrogen-bond donors (Lipinski definition) is 2. The normalized spacial score (nSPS) is 9.83. The van der Waals surface area contributed by atoms with Crippen molar-refractivity contribution >= 4 is 17.5 Å². The minimum absolute atomic E-state index is 0.0431. The molecule has 0 aliphatic rings. The number of hydrogen-bond acceptors (Lipinski definition) is 4. The highest BCUT2D eigenvalue weighted by Gasteiger charge is 2.18. The molecule has 18 heavy (non-hydrogen) atoms. The number of carbonyl (C=O) groups excluding carboxylic acids is 2. The SMILES string of the molecule is CCCNC(=O)c1ccc([N+](=O)[O-])cc1C(N)=O. The molecule has 0 unspecified atom stereocenters. The van der Waals surface area contributed by atoms with Crippen LogP contribution in [-0.2, 0) is 0 Å². The molecule has 0 spiro atoms. The third kappa shape index (κ3) is 3.03. The molecule has 0 atom stereocenters. The van der Waals surface area contributed by atoms with Crippen molar-refractivity contribution in [2.24, 2.45) is 5.73 Å². The Balaban J connectivity index is 3.15. The van der Waals surface area contributed by atoms with Crippen LogP contribution in [0, 0.1) is 10.1 Å². The number of nitrogens with zero attached hydrogens (tertiary/aromatic N) is 1. The summed E-state index contributed by atoms with van der Waals surface area (Å²) in [6, 6.07) is 3.39. The van der Waals surface area contributed by atoms with E-state index in [0.717, 1.165) is 18.6 Å². The summed E-state index contributed by atoms with van der Waals surface area (Å²) in [5, 5.41) is 13.2. The first-order valence-corrected chi connectivity index (χ1v) is 5.33. The van der Waals surface area contributed by atoms with Crippen molar-refractivity contribution in [2.75, 3.05) is 6.54 Å². The van der Waals surface area contributed by atoms with E-state index in [1.165, 1.54) is 6.07 Å². The largest absolute Gasteiger partial charge is 0.366 e. The molecule has 1 aromatic carbocycles. The number of carbonyl (C=O) groups is 2. The second-order valence-electron chi connectivity index (χ2n) is 3.61. The smallest absolute Gasteiger partial charge is 0.270 e. The zero-order valence-electron chi connectivity index (χ0n) is 9.80. The maximum absolute atomic E-state index is 11.7. The van der Waals surface area contributed by atoms with Crippen LogP contribution in [0.15, 0.2) is 18.2 Å². The second kappa shape index (κ2) is 5.76. The van der Waals surface area contributed by atoms with Gasteiger partial charge in [-0.2, -0.15) is 0 Å². The lowest BCUT2D eigenvalue weighted by Gasteiger charge is -2.07. The predicted octanol–water partition coefficient (Wildman–Crippen LogP) is 0.834. The molecule has 0 heterocycles. The molecule has 3 N–H and O–H groups in total. The first-order chi connectivity index (χ1) is 8.47. The number of non-ortho nitro benzene ring substituents is 1. The van der Waals surface area contributed by atoms with Gasteiger partial charge >= 0.3 is 0 Å². The average molecular weight is 251 g/mol. The predicted molar refractivity (Wildman–Crippen MR) is 64.2 cm³/mol. The van der Waals surface area contributed by atoms with Gasteiger partial charge in [0.1, 0.15) is 0 Å². The Kier molecular flexibility index (Phi) is 4.36. The summed E-state index contributed by atoms with van der Waals surface area (Å²) < 4.78 is 0. The van der Waals surface area contributed by atoms with E-state index in [9.17, 15) is 19.7 Å². The van der Waals surface area contributed by atoms with Crippen molar-refractivity contribution in [3.63, 3.8) is 0 Å². The second-order valence-corrected chi connectivity index (χ2v) is 3.61. The van der Waals surface area contributed by atoms with Crippen LogP contribution in [0.3, 0.4) is 0 Å². The number of nitrogens with two attached hydrogens (primary N) is 1. The average Bonchev–Trinajstić information content (AvgIpc) is 2.34. The van der Waals surface area contributed by atoms with Crippen molar-refractivity contribution in [1.29, 1.82) is 0 Å². The third-order valence-corrected chi connectivity index (χ3v) is 2.26. The van der Waals surface area contributed by atoms with E-state index in [0.29, 0.717) is 6.54 Å². The molecule has 0 bridgehead atoms. The van der Waals surface area contributed by atoms with E-state index < -0.39 is 16.7 Å². The van der Waals surface area contributed by atoms with Gasteiger partial charge < -0.3 is 11.1 Å². The Morgan fingerprint density at radius 1 is 1.39 bits per heavy atom. The molecular formula is C11H13N3O4. The quantitative estimate of drug-likeness (QED) is 0.595. The number of nitro groups is 1. The van der Waals surface area contributed by atoms with Gasteiger partial charge in [-0.15, -0.1) is 0 Å². The van der Waals surface area contributed by atoms with Gasteiger partial charge in [-0.05, 0) is 12.5 Å². The van der Waals surface area contributed by atoms with Crippen LogP contribution < -0.4 is 11.1 Å². The fourth-order valence-electron chi connectivity index (χ4n) is 1.38. The number of primary amides is 1. The fraction of sp³-hybridized carbons (Fsp3) is 0.273. The van der Waals surface area contributed by atoms with Gasteiger partial charge in [0.05, 0.1) is 16.1 Å². The maximum atomic E-state index is 11.7. The van der Waals surface area contributed by atoms with Gasteiger partial charge in [-0.25, -0.2) is 0 Å². The Bertz CT molecular complexity index is 499. The maximum Gasteiger partial charge on any atom is 0.270 e. The molecule has 7 heteroatoms. The Labute approximate surface area is 103 Å². The molecule has 0 saturated carbocycles. The van der Waals surface area contributed by atoms with E-state index in [1.54, 1.807) is 0 Å². The van der Waals surface area contributed by atoms with E-state index in [-0.39, 0.29) is 16.8 Å². The van der Waals surface area contributed by atoms with Crippen LogP contribution in [0.25, 0.3) is 0 Å². The van der Waals surface area contributed by atoms with Crippen LogP contribution in [0.5, 0.6) is 0 Å². The van der Waals surface area contributed by atoms with Gasteiger partial charge in [0.15, 0.2) is 0 Å². The zero-order valence-corrected chi connectivity index (χ0v) is 9.80. The number of nitrogens with one attached hydrogen (secondary N) is 1. The van der Waals surface area contributed by atoms with Crippen LogP contribution in [-0.4, -0.2) is 23.3 Å². The topological polar surface area (TPSA) is 115 Å². The molecule has 0 radical (unpaired) electrons. The number of rotatable bonds is 5. The highest BCUT2D eigenvalue weighted by molar-refractivity contribution is 6.07. The number of nitro benzene ring substituents is 1. The summed E-state index contributed by atoms with van der Waals surface area (Å²) >= 11 is 0. The Hall–Kier alpha value is -2.44. The molecule has 2 amide bonds. The van der Waals surface area contributed by atoms with Gasteiger partial charge in [0, 0.05) is 18.7 Å². The van der Waals surface area contributed by atoms with Crippen molar-refractivity contribution in [1.82, 2.24) is 5.32 Å². The Morgan fingerprint density at radius 3 is 2.56 bits per heavy atom. The highest BCUT2D eigenvalue weighted by atomic mass is 16.6. The first-order valence-electron chi connectivity index (χ1n) is 5.33. The third-order valence-electron chi connectivity index (χ3n) is 2.26. The summed E-state index contributed by atoms with van der Waals surface area (Å²) in [5.74, 6) is -1.35. The summed E-state index contributed by atoms with van der Waals surface area (Å²) in [5.41, 5.74) is 4.72. The first kappa shape index (κ1) is 13.6. The Morgan fingerprint density at radius 2 is 2.06 bits per heavy atom. The molecule has 0 aromatic heterocycles. The molecule has 0 fully saturated rings. The molecule has 0 aliphatic heterocycles. The molecule has 0 aliphatic carbocycles. The van der Waals surface area contributed by atoms with E-state index in [2.05, 4.69) is 5.32 Å². The summed E-state index contributed by atoms with van der Waals surface area (Å²) in [6.45, 7) is 2.33. The van der Waals surface area contributed by atoms with Crippen LogP contribution >= 0.6 is 0 Å². The molecule has 7 nitrogen and oxygen atoms in total. The van der Waals surface area contributed by atoms with E-state index >= 15 is 0 Å². The lowest BCUT2D eigenvalue weighted by Crippen LogP contribution is -2.27. The highest BCUT2D eigenvalue weighted by Crippen LogP contribution is 2.17. The minimum Gasteiger partial charge on any atom is -0.366 e. The summed E-state index contributed by atoms with van der Waals surface area (Å²) in [4.78, 5) is 32.8. The minimum atomic E-state index is -0.875. The van der Waals surface area contributed by atoms with Crippen molar-refractivity contribution in [3.05, 3.63) is 39.4 Å². The molecule has 96 valence electrons.